The molecule has 0 unspecified atom stereocenters. The van der Waals surface area contributed by atoms with Gasteiger partial charge >= 0.3 is 0 Å². The zero-order chi connectivity index (χ0) is 24.9. The Morgan fingerprint density at radius 3 is 1.23 bits per heavy atom. The Morgan fingerprint density at radius 2 is 0.886 bits per heavy atom. The van der Waals surface area contributed by atoms with Gasteiger partial charge in [0.1, 0.15) is 23.0 Å². The van der Waals surface area contributed by atoms with Crippen molar-refractivity contribution in [1.82, 2.24) is 0 Å². The Labute approximate surface area is 212 Å². The topological polar surface area (TPSA) is 18.5 Å². The third-order valence-electron chi connectivity index (χ3n) is 6.02. The van der Waals surface area contributed by atoms with E-state index in [9.17, 15) is 0 Å². The van der Waals surface area contributed by atoms with Gasteiger partial charge < -0.3 is 9.47 Å². The molecule has 0 saturated carbocycles. The molecular formula is C32H30O2S. The molecule has 4 rings (SSSR count). The molecule has 0 bridgehead atoms. The van der Waals surface area contributed by atoms with Crippen LogP contribution in [-0.2, 0) is 0 Å². The van der Waals surface area contributed by atoms with Crippen LogP contribution in [0.3, 0.4) is 0 Å². The maximum absolute atomic E-state index is 5.97. The van der Waals surface area contributed by atoms with E-state index in [4.69, 9.17) is 9.47 Å². The molecule has 0 spiro atoms. The van der Waals surface area contributed by atoms with Crippen LogP contribution in [0.4, 0.5) is 0 Å². The second-order valence-electron chi connectivity index (χ2n) is 8.69. The minimum Gasteiger partial charge on any atom is -0.457 e. The highest BCUT2D eigenvalue weighted by molar-refractivity contribution is 7.99. The van der Waals surface area contributed by atoms with Crippen molar-refractivity contribution in [2.24, 2.45) is 0 Å². The summed E-state index contributed by atoms with van der Waals surface area (Å²) >= 11 is 1.69. The van der Waals surface area contributed by atoms with Crippen LogP contribution in [0.1, 0.15) is 33.4 Å². The summed E-state index contributed by atoms with van der Waals surface area (Å²) in [6.07, 6.45) is 0. The van der Waals surface area contributed by atoms with E-state index in [1.54, 1.807) is 11.8 Å². The van der Waals surface area contributed by atoms with E-state index in [1.807, 2.05) is 36.4 Å². The minimum atomic E-state index is 0.645. The van der Waals surface area contributed by atoms with Gasteiger partial charge in [0, 0.05) is 20.9 Å². The molecule has 0 aliphatic rings. The maximum Gasteiger partial charge on any atom is 0.127 e. The lowest BCUT2D eigenvalue weighted by molar-refractivity contribution is 0.516. The monoisotopic (exact) mass is 478 g/mol. The molecule has 35 heavy (non-hydrogen) atoms. The van der Waals surface area contributed by atoms with Crippen LogP contribution in [-0.4, -0.2) is 0 Å². The predicted molar refractivity (Wildman–Crippen MR) is 148 cm³/mol. The van der Waals surface area contributed by atoms with Gasteiger partial charge in [0.15, 0.2) is 0 Å². The Hall–Kier alpha value is -3.69. The molecule has 4 aromatic rings. The van der Waals surface area contributed by atoms with Crippen molar-refractivity contribution in [2.75, 3.05) is 0 Å². The van der Waals surface area contributed by atoms with Crippen molar-refractivity contribution >= 4 is 23.3 Å². The highest BCUT2D eigenvalue weighted by atomic mass is 32.2. The number of aryl methyl sites for hydroxylation is 4. The lowest BCUT2D eigenvalue weighted by Gasteiger charge is -2.12. The third kappa shape index (κ3) is 6.26. The number of hydrogen-bond donors (Lipinski definition) is 0. The van der Waals surface area contributed by atoms with Crippen LogP contribution in [0.15, 0.2) is 108 Å². The van der Waals surface area contributed by atoms with Crippen LogP contribution in [0, 0.1) is 27.7 Å². The summed E-state index contributed by atoms with van der Waals surface area (Å²) in [5, 5.41) is 0. The summed E-state index contributed by atoms with van der Waals surface area (Å²) < 4.78 is 11.9. The van der Waals surface area contributed by atoms with E-state index in [0.29, 0.717) is 11.5 Å². The van der Waals surface area contributed by atoms with E-state index in [-0.39, 0.29) is 0 Å². The first-order valence-corrected chi connectivity index (χ1v) is 12.4. The lowest BCUT2D eigenvalue weighted by atomic mass is 10.1. The molecule has 0 aromatic heterocycles. The van der Waals surface area contributed by atoms with E-state index in [0.717, 1.165) is 32.4 Å². The van der Waals surface area contributed by atoms with Crippen LogP contribution >= 0.6 is 11.8 Å². The summed E-state index contributed by atoms with van der Waals surface area (Å²) in [5.74, 6) is 2.83. The van der Waals surface area contributed by atoms with E-state index >= 15 is 0 Å². The Bertz CT molecular complexity index is 1260. The summed E-state index contributed by atoms with van der Waals surface area (Å²) in [5.41, 5.74) is 6.96. The Morgan fingerprint density at radius 1 is 0.514 bits per heavy atom. The second-order valence-corrected chi connectivity index (χ2v) is 9.84. The first kappa shape index (κ1) is 24.4. The number of hydrogen-bond acceptors (Lipinski definition) is 3. The molecule has 0 aliphatic carbocycles. The predicted octanol–water partition coefficient (Wildman–Crippen LogP) is 9.17. The molecule has 0 aliphatic heterocycles. The van der Waals surface area contributed by atoms with Crippen molar-refractivity contribution in [1.29, 1.82) is 0 Å². The molecule has 0 radical (unpaired) electrons. The molecule has 0 fully saturated rings. The molecule has 4 aromatic carbocycles. The first-order valence-electron chi connectivity index (χ1n) is 11.6. The quantitative estimate of drug-likeness (QED) is 0.235. The number of benzene rings is 4. The molecule has 0 amide bonds. The highest BCUT2D eigenvalue weighted by Crippen LogP contribution is 2.32. The van der Waals surface area contributed by atoms with Gasteiger partial charge in [-0.15, -0.1) is 0 Å². The number of ether oxygens (including phenoxy) is 2. The molecule has 0 heterocycles. The summed E-state index contributed by atoms with van der Waals surface area (Å²) in [4.78, 5) is 2.25. The van der Waals surface area contributed by atoms with Crippen LogP contribution in [0.25, 0.3) is 11.5 Å². The maximum atomic E-state index is 5.97. The van der Waals surface area contributed by atoms with E-state index < -0.39 is 0 Å². The average Bonchev–Trinajstić information content (AvgIpc) is 2.85. The van der Waals surface area contributed by atoms with Gasteiger partial charge in [-0.05, 0) is 111 Å². The van der Waals surface area contributed by atoms with Gasteiger partial charge in [0.2, 0.25) is 0 Å². The minimum absolute atomic E-state index is 0.645. The van der Waals surface area contributed by atoms with Crippen molar-refractivity contribution in [3.63, 3.8) is 0 Å². The summed E-state index contributed by atoms with van der Waals surface area (Å²) in [7, 11) is 0. The van der Waals surface area contributed by atoms with Crippen molar-refractivity contribution in [3.8, 4) is 11.5 Å². The summed E-state index contributed by atoms with van der Waals surface area (Å²) in [6.45, 7) is 16.6. The Kier molecular flexibility index (Phi) is 7.48. The van der Waals surface area contributed by atoms with Gasteiger partial charge in [-0.25, -0.2) is 0 Å². The molecule has 3 heteroatoms. The van der Waals surface area contributed by atoms with Gasteiger partial charge in [-0.2, -0.15) is 0 Å². The first-order chi connectivity index (χ1) is 16.8. The average molecular weight is 479 g/mol. The van der Waals surface area contributed by atoms with Gasteiger partial charge in [0.05, 0.1) is 0 Å². The van der Waals surface area contributed by atoms with Crippen molar-refractivity contribution in [3.05, 3.63) is 131 Å². The fourth-order valence-corrected chi connectivity index (χ4v) is 4.34. The van der Waals surface area contributed by atoms with Gasteiger partial charge in [-0.3, -0.25) is 0 Å². The van der Waals surface area contributed by atoms with Gasteiger partial charge in [0.25, 0.3) is 0 Å². The standard InChI is InChI=1S/C32H30O2S/c1-21-7-9-27(19-23(21)3)25(5)33-29-11-15-31(16-12-29)35-32-17-13-30(14-18-32)34-26(6)28-10-8-22(2)24(4)20-28/h7-20H,5-6H2,1-4H3. The van der Waals surface area contributed by atoms with Crippen LogP contribution in [0.5, 0.6) is 11.5 Å². The fourth-order valence-electron chi connectivity index (χ4n) is 3.52. The normalized spacial score (nSPS) is 10.6. The van der Waals surface area contributed by atoms with Gasteiger partial charge in [-0.1, -0.05) is 49.2 Å². The third-order valence-corrected chi connectivity index (χ3v) is 7.04. The van der Waals surface area contributed by atoms with Crippen molar-refractivity contribution < 1.29 is 9.47 Å². The zero-order valence-corrected chi connectivity index (χ0v) is 21.5. The molecule has 0 saturated heterocycles. The molecule has 176 valence electrons. The smallest absolute Gasteiger partial charge is 0.127 e. The molecule has 0 N–H and O–H groups in total. The lowest BCUT2D eigenvalue weighted by Crippen LogP contribution is -1.95. The SMILES string of the molecule is C=C(Oc1ccc(Sc2ccc(OC(=C)c3ccc(C)c(C)c3)cc2)cc1)c1ccc(C)c(C)c1. The van der Waals surface area contributed by atoms with Crippen LogP contribution in [0.2, 0.25) is 0 Å². The van der Waals surface area contributed by atoms with Crippen molar-refractivity contribution in [2.45, 2.75) is 37.5 Å². The molecule has 2 nitrogen and oxygen atoms in total. The van der Waals surface area contributed by atoms with E-state index in [2.05, 4.69) is 89.4 Å². The van der Waals surface area contributed by atoms with Crippen LogP contribution < -0.4 is 9.47 Å². The largest absolute Gasteiger partial charge is 0.457 e. The second kappa shape index (κ2) is 10.7. The Balaban J connectivity index is 1.34. The summed E-state index contributed by atoms with van der Waals surface area (Å²) in [6, 6.07) is 28.6. The number of rotatable bonds is 8. The molecule has 0 atom stereocenters. The highest BCUT2D eigenvalue weighted by Gasteiger charge is 2.07. The molecular weight excluding hydrogens is 448 g/mol. The van der Waals surface area contributed by atoms with E-state index in [1.165, 1.54) is 22.3 Å². The zero-order valence-electron chi connectivity index (χ0n) is 20.7. The fraction of sp³-hybridized carbons (Fsp3) is 0.125.